The first-order valence-electron chi connectivity index (χ1n) is 6.16. The summed E-state index contributed by atoms with van der Waals surface area (Å²) in [5, 5.41) is 2.12. The molecule has 1 aromatic rings. The van der Waals surface area contributed by atoms with E-state index in [1.807, 2.05) is 0 Å². The summed E-state index contributed by atoms with van der Waals surface area (Å²) < 4.78 is 0. The van der Waals surface area contributed by atoms with Gasteiger partial charge in [0, 0.05) is 10.3 Å². The minimum atomic E-state index is 0.0522. The van der Waals surface area contributed by atoms with E-state index in [0.29, 0.717) is 0 Å². The average Bonchev–Trinajstić information content (AvgIpc) is 2.40. The Bertz CT molecular complexity index is 413. The van der Waals surface area contributed by atoms with Gasteiger partial charge in [0.15, 0.2) is 0 Å². The number of thioether (sulfide) groups is 1. The van der Waals surface area contributed by atoms with Crippen molar-refractivity contribution in [3.63, 3.8) is 0 Å². The van der Waals surface area contributed by atoms with Crippen LogP contribution in [-0.2, 0) is 5.41 Å². The van der Waals surface area contributed by atoms with Crippen LogP contribution >= 0.6 is 11.8 Å². The molecule has 0 atom stereocenters. The van der Waals surface area contributed by atoms with Crippen LogP contribution in [-0.4, -0.2) is 0 Å². The van der Waals surface area contributed by atoms with Gasteiger partial charge in [-0.05, 0) is 22.6 Å². The van der Waals surface area contributed by atoms with Gasteiger partial charge in [-0.15, -0.1) is 0 Å². The second-order valence-corrected chi connectivity index (χ2v) is 5.72. The first kappa shape index (κ1) is 14.1. The van der Waals surface area contributed by atoms with Crippen LogP contribution in [0, 0.1) is 0 Å². The molecule has 0 bridgehead atoms. The first-order valence-corrected chi connectivity index (χ1v) is 7.04. The summed E-state index contributed by atoms with van der Waals surface area (Å²) in [5.41, 5.74) is 2.60. The van der Waals surface area contributed by atoms with Crippen LogP contribution in [0.3, 0.4) is 0 Å². The monoisotopic (exact) mass is 246 g/mol. The molecular formula is C16H22S. The van der Waals surface area contributed by atoms with Crippen LogP contribution in [0.4, 0.5) is 0 Å². The molecule has 0 aliphatic carbocycles. The third-order valence-corrected chi connectivity index (χ3v) is 3.71. The molecule has 0 saturated carbocycles. The van der Waals surface area contributed by atoms with Gasteiger partial charge in [0.25, 0.3) is 0 Å². The zero-order valence-electron chi connectivity index (χ0n) is 11.3. The highest BCUT2D eigenvalue weighted by Crippen LogP contribution is 2.40. The lowest BCUT2D eigenvalue weighted by molar-refractivity contribution is 0.629. The Balaban J connectivity index is 0.000000437. The quantitative estimate of drug-likeness (QED) is 0.578. The number of allylic oxidation sites excluding steroid dienone is 2. The normalized spacial score (nSPS) is 16.6. The standard InChI is InChI=1S/C13H14S.C3H8/c1-10-8-9-14-12-7-5-4-6-11(12)13(10,2)3;1-3-2/h4-9H,1H2,2-3H3;3H2,1-2H3. The Labute approximate surface area is 110 Å². The van der Waals surface area contributed by atoms with Gasteiger partial charge in [-0.1, -0.05) is 76.7 Å². The van der Waals surface area contributed by atoms with Gasteiger partial charge in [0.1, 0.15) is 0 Å². The van der Waals surface area contributed by atoms with E-state index in [1.54, 1.807) is 11.8 Å². The predicted octanol–water partition coefficient (Wildman–Crippen LogP) is 5.56. The molecule has 17 heavy (non-hydrogen) atoms. The lowest BCUT2D eigenvalue weighted by atomic mass is 9.78. The van der Waals surface area contributed by atoms with E-state index in [4.69, 9.17) is 0 Å². The molecule has 0 amide bonds. The van der Waals surface area contributed by atoms with Crippen molar-refractivity contribution >= 4 is 11.8 Å². The molecule has 1 heteroatoms. The number of hydrogen-bond donors (Lipinski definition) is 0. The Morgan fingerprint density at radius 1 is 1.18 bits per heavy atom. The van der Waals surface area contributed by atoms with Crippen LogP contribution in [0.25, 0.3) is 0 Å². The molecule has 0 unspecified atom stereocenters. The van der Waals surface area contributed by atoms with Gasteiger partial charge < -0.3 is 0 Å². The molecule has 0 spiro atoms. The van der Waals surface area contributed by atoms with Crippen molar-refractivity contribution in [2.24, 2.45) is 0 Å². The van der Waals surface area contributed by atoms with Crippen LogP contribution in [0.15, 0.2) is 52.8 Å². The van der Waals surface area contributed by atoms with E-state index in [0.717, 1.165) is 0 Å². The van der Waals surface area contributed by atoms with E-state index < -0.39 is 0 Å². The molecule has 0 nitrogen and oxygen atoms in total. The molecule has 1 heterocycles. The molecular weight excluding hydrogens is 224 g/mol. The van der Waals surface area contributed by atoms with Gasteiger partial charge in [0.05, 0.1) is 0 Å². The van der Waals surface area contributed by atoms with Crippen LogP contribution < -0.4 is 0 Å². The molecule has 1 aliphatic heterocycles. The second-order valence-electron chi connectivity index (χ2n) is 4.77. The van der Waals surface area contributed by atoms with E-state index in [2.05, 4.69) is 70.0 Å². The summed E-state index contributed by atoms with van der Waals surface area (Å²) in [7, 11) is 0. The summed E-state index contributed by atoms with van der Waals surface area (Å²) in [6.45, 7) is 12.8. The average molecular weight is 246 g/mol. The van der Waals surface area contributed by atoms with Gasteiger partial charge in [-0.25, -0.2) is 0 Å². The van der Waals surface area contributed by atoms with Crippen molar-refractivity contribution in [2.75, 3.05) is 0 Å². The van der Waals surface area contributed by atoms with Crippen molar-refractivity contribution in [1.29, 1.82) is 0 Å². The van der Waals surface area contributed by atoms with Crippen molar-refractivity contribution in [3.05, 3.63) is 53.5 Å². The van der Waals surface area contributed by atoms with E-state index in [9.17, 15) is 0 Å². The third kappa shape index (κ3) is 3.26. The minimum absolute atomic E-state index is 0.0522. The highest BCUT2D eigenvalue weighted by atomic mass is 32.2. The zero-order chi connectivity index (χ0) is 12.9. The summed E-state index contributed by atoms with van der Waals surface area (Å²) in [6.07, 6.45) is 3.37. The fourth-order valence-electron chi connectivity index (χ4n) is 1.66. The van der Waals surface area contributed by atoms with Crippen LogP contribution in [0.2, 0.25) is 0 Å². The zero-order valence-corrected chi connectivity index (χ0v) is 12.1. The number of fused-ring (bicyclic) bond motifs is 1. The summed E-state index contributed by atoms with van der Waals surface area (Å²) >= 11 is 1.77. The topological polar surface area (TPSA) is 0 Å². The molecule has 0 saturated heterocycles. The smallest absolute Gasteiger partial charge is 0.0157 e. The first-order chi connectivity index (χ1) is 8.04. The lowest BCUT2D eigenvalue weighted by Crippen LogP contribution is -2.18. The van der Waals surface area contributed by atoms with Crippen molar-refractivity contribution < 1.29 is 0 Å². The maximum Gasteiger partial charge on any atom is 0.0157 e. The second kappa shape index (κ2) is 6.11. The molecule has 2 rings (SSSR count). The van der Waals surface area contributed by atoms with Crippen LogP contribution in [0.1, 0.15) is 39.7 Å². The molecule has 0 fully saturated rings. The Kier molecular flexibility index (Phi) is 5.07. The number of benzene rings is 1. The molecule has 0 radical (unpaired) electrons. The highest BCUT2D eigenvalue weighted by Gasteiger charge is 2.26. The fourth-order valence-corrected chi connectivity index (χ4v) is 2.64. The molecule has 1 aliphatic rings. The minimum Gasteiger partial charge on any atom is -0.0977 e. The van der Waals surface area contributed by atoms with Gasteiger partial charge in [-0.3, -0.25) is 0 Å². The van der Waals surface area contributed by atoms with Gasteiger partial charge in [-0.2, -0.15) is 0 Å². The number of hydrogen-bond acceptors (Lipinski definition) is 1. The number of rotatable bonds is 0. The summed E-state index contributed by atoms with van der Waals surface area (Å²) in [6, 6.07) is 8.55. The van der Waals surface area contributed by atoms with Crippen molar-refractivity contribution in [1.82, 2.24) is 0 Å². The third-order valence-electron chi connectivity index (χ3n) is 2.83. The van der Waals surface area contributed by atoms with Crippen molar-refractivity contribution in [3.8, 4) is 0 Å². The Morgan fingerprint density at radius 3 is 2.41 bits per heavy atom. The molecule has 92 valence electrons. The maximum absolute atomic E-state index is 4.13. The molecule has 1 aromatic carbocycles. The summed E-state index contributed by atoms with van der Waals surface area (Å²) in [4.78, 5) is 1.34. The van der Waals surface area contributed by atoms with Gasteiger partial charge >= 0.3 is 0 Å². The largest absolute Gasteiger partial charge is 0.0977 e. The van der Waals surface area contributed by atoms with E-state index in [1.165, 1.54) is 22.5 Å². The SMILES string of the molecule is C=C1C=CSc2ccccc2C1(C)C.CCC. The Hall–Kier alpha value is -0.950. The van der Waals surface area contributed by atoms with Gasteiger partial charge in [0.2, 0.25) is 0 Å². The van der Waals surface area contributed by atoms with E-state index >= 15 is 0 Å². The molecule has 0 N–H and O–H groups in total. The molecule has 0 aromatic heterocycles. The van der Waals surface area contributed by atoms with Crippen LogP contribution in [0.5, 0.6) is 0 Å². The maximum atomic E-state index is 4.13. The fraction of sp³-hybridized carbons (Fsp3) is 0.375. The van der Waals surface area contributed by atoms with E-state index in [-0.39, 0.29) is 5.41 Å². The highest BCUT2D eigenvalue weighted by molar-refractivity contribution is 8.02. The summed E-state index contributed by atoms with van der Waals surface area (Å²) in [5.74, 6) is 0. The van der Waals surface area contributed by atoms with Crippen molar-refractivity contribution in [2.45, 2.75) is 44.4 Å². The predicted molar refractivity (Wildman–Crippen MR) is 79.6 cm³/mol. The Morgan fingerprint density at radius 2 is 1.76 bits per heavy atom. The lowest BCUT2D eigenvalue weighted by Gasteiger charge is -2.26.